The van der Waals surface area contributed by atoms with Crippen molar-refractivity contribution in [3.05, 3.63) is 76.3 Å². The Bertz CT molecular complexity index is 840. The Morgan fingerprint density at radius 3 is 2.48 bits per heavy atom. The van der Waals surface area contributed by atoms with Crippen LogP contribution in [0.4, 0.5) is 0 Å². The molecule has 2 N–H and O–H groups in total. The van der Waals surface area contributed by atoms with Crippen LogP contribution >= 0.6 is 0 Å². The average Bonchev–Trinajstić information content (AvgIpc) is 2.56. The highest BCUT2D eigenvalue weighted by Crippen LogP contribution is 2.21. The quantitative estimate of drug-likeness (QED) is 0.759. The third-order valence-corrected chi connectivity index (χ3v) is 3.98. The lowest BCUT2D eigenvalue weighted by Crippen LogP contribution is -2.27. The summed E-state index contributed by atoms with van der Waals surface area (Å²) in [4.78, 5) is 19.5. The largest absolute Gasteiger partial charge is 0.309 e. The number of fused-ring (bicyclic) bond motifs is 1. The SMILES string of the molecule is CC(C)[C@@H](NCc1nc2ccccc2c(=O)[nH]1)c1ccccc1. The molecule has 0 aliphatic rings. The van der Waals surface area contributed by atoms with Gasteiger partial charge in [0.1, 0.15) is 5.82 Å². The van der Waals surface area contributed by atoms with E-state index in [1.54, 1.807) is 6.07 Å². The van der Waals surface area contributed by atoms with Gasteiger partial charge in [-0.05, 0) is 23.6 Å². The molecule has 0 amide bonds. The standard InChI is InChI=1S/C19H21N3O/c1-13(2)18(14-8-4-3-5-9-14)20-12-17-21-16-11-7-6-10-15(16)19(23)22-17/h3-11,13,18,20H,12H2,1-2H3,(H,21,22,23)/t18-/m1/s1. The highest BCUT2D eigenvalue weighted by atomic mass is 16.1. The number of para-hydroxylation sites is 1. The van der Waals surface area contributed by atoms with Gasteiger partial charge in [0.15, 0.2) is 0 Å². The van der Waals surface area contributed by atoms with Gasteiger partial charge in [-0.1, -0.05) is 56.3 Å². The van der Waals surface area contributed by atoms with E-state index in [4.69, 9.17) is 0 Å². The van der Waals surface area contributed by atoms with E-state index in [-0.39, 0.29) is 11.6 Å². The topological polar surface area (TPSA) is 57.8 Å². The van der Waals surface area contributed by atoms with Crippen LogP contribution in [0.25, 0.3) is 10.9 Å². The van der Waals surface area contributed by atoms with Crippen molar-refractivity contribution in [2.24, 2.45) is 5.92 Å². The smallest absolute Gasteiger partial charge is 0.258 e. The summed E-state index contributed by atoms with van der Waals surface area (Å²) in [6.07, 6.45) is 0. The van der Waals surface area contributed by atoms with Crippen molar-refractivity contribution in [1.82, 2.24) is 15.3 Å². The Balaban J connectivity index is 1.83. The number of benzene rings is 2. The van der Waals surface area contributed by atoms with E-state index in [1.165, 1.54) is 5.56 Å². The van der Waals surface area contributed by atoms with Crippen LogP contribution in [0.1, 0.15) is 31.3 Å². The van der Waals surface area contributed by atoms with Crippen molar-refractivity contribution in [3.8, 4) is 0 Å². The van der Waals surface area contributed by atoms with Crippen molar-refractivity contribution in [2.45, 2.75) is 26.4 Å². The van der Waals surface area contributed by atoms with E-state index in [2.05, 4.69) is 41.3 Å². The minimum absolute atomic E-state index is 0.0896. The van der Waals surface area contributed by atoms with Gasteiger partial charge in [-0.25, -0.2) is 4.98 Å². The third kappa shape index (κ3) is 3.48. The van der Waals surface area contributed by atoms with Crippen LogP contribution in [0.3, 0.4) is 0 Å². The summed E-state index contributed by atoms with van der Waals surface area (Å²) in [5, 5.41) is 4.14. The molecule has 3 rings (SSSR count). The first kappa shape index (κ1) is 15.4. The zero-order valence-electron chi connectivity index (χ0n) is 13.4. The van der Waals surface area contributed by atoms with Gasteiger partial charge in [-0.2, -0.15) is 0 Å². The maximum Gasteiger partial charge on any atom is 0.258 e. The van der Waals surface area contributed by atoms with Crippen molar-refractivity contribution < 1.29 is 0 Å². The number of hydrogen-bond acceptors (Lipinski definition) is 3. The third-order valence-electron chi connectivity index (χ3n) is 3.98. The Morgan fingerprint density at radius 1 is 1.04 bits per heavy atom. The normalized spacial score (nSPS) is 12.7. The lowest BCUT2D eigenvalue weighted by Gasteiger charge is -2.22. The summed E-state index contributed by atoms with van der Waals surface area (Å²) in [7, 11) is 0. The summed E-state index contributed by atoms with van der Waals surface area (Å²) in [5.41, 5.74) is 1.88. The van der Waals surface area contributed by atoms with Crippen LogP contribution in [0.15, 0.2) is 59.4 Å². The Labute approximate surface area is 135 Å². The fraction of sp³-hybridized carbons (Fsp3) is 0.263. The van der Waals surface area contributed by atoms with E-state index in [9.17, 15) is 4.79 Å². The molecule has 1 heterocycles. The van der Waals surface area contributed by atoms with Gasteiger partial charge in [0.2, 0.25) is 0 Å². The molecule has 0 bridgehead atoms. The first-order valence-corrected chi connectivity index (χ1v) is 7.91. The second-order valence-electron chi connectivity index (χ2n) is 6.04. The second kappa shape index (κ2) is 6.75. The van der Waals surface area contributed by atoms with E-state index in [0.717, 1.165) is 5.52 Å². The first-order valence-electron chi connectivity index (χ1n) is 7.91. The zero-order chi connectivity index (χ0) is 16.2. The molecular formula is C19H21N3O. The van der Waals surface area contributed by atoms with Crippen LogP contribution in [0.2, 0.25) is 0 Å². The van der Waals surface area contributed by atoms with Crippen LogP contribution in [0.5, 0.6) is 0 Å². The summed E-state index contributed by atoms with van der Waals surface area (Å²) < 4.78 is 0. The van der Waals surface area contributed by atoms with Crippen molar-refractivity contribution in [2.75, 3.05) is 0 Å². The van der Waals surface area contributed by atoms with Crippen LogP contribution < -0.4 is 10.9 Å². The van der Waals surface area contributed by atoms with E-state index < -0.39 is 0 Å². The molecule has 0 radical (unpaired) electrons. The fourth-order valence-corrected chi connectivity index (χ4v) is 2.82. The number of rotatable bonds is 5. The van der Waals surface area contributed by atoms with Gasteiger partial charge in [-0.15, -0.1) is 0 Å². The van der Waals surface area contributed by atoms with Crippen LogP contribution in [0, 0.1) is 5.92 Å². The van der Waals surface area contributed by atoms with Gasteiger partial charge >= 0.3 is 0 Å². The Morgan fingerprint density at radius 2 is 1.74 bits per heavy atom. The molecule has 0 saturated heterocycles. The van der Waals surface area contributed by atoms with Crippen LogP contribution in [-0.4, -0.2) is 9.97 Å². The predicted octanol–water partition coefficient (Wildman–Crippen LogP) is 3.41. The van der Waals surface area contributed by atoms with Gasteiger partial charge in [-0.3, -0.25) is 4.79 Å². The number of H-pyrrole nitrogens is 1. The molecular weight excluding hydrogens is 286 g/mol. The number of nitrogens with one attached hydrogen (secondary N) is 2. The number of nitrogens with zero attached hydrogens (tertiary/aromatic N) is 1. The molecule has 4 nitrogen and oxygen atoms in total. The number of aromatic nitrogens is 2. The van der Waals surface area contributed by atoms with Gasteiger partial charge in [0, 0.05) is 6.04 Å². The molecule has 0 aliphatic heterocycles. The van der Waals surface area contributed by atoms with Crippen molar-refractivity contribution in [3.63, 3.8) is 0 Å². The molecule has 0 aliphatic carbocycles. The molecule has 0 saturated carbocycles. The van der Waals surface area contributed by atoms with Gasteiger partial charge in [0.25, 0.3) is 5.56 Å². The van der Waals surface area contributed by atoms with E-state index >= 15 is 0 Å². The van der Waals surface area contributed by atoms with Crippen molar-refractivity contribution >= 4 is 10.9 Å². The summed E-state index contributed by atoms with van der Waals surface area (Å²) in [5.74, 6) is 1.10. The van der Waals surface area contributed by atoms with Crippen molar-refractivity contribution in [1.29, 1.82) is 0 Å². The molecule has 1 atom stereocenters. The van der Waals surface area contributed by atoms with Gasteiger partial charge in [0.05, 0.1) is 17.4 Å². The number of aromatic amines is 1. The van der Waals surface area contributed by atoms with Crippen LogP contribution in [-0.2, 0) is 6.54 Å². The minimum Gasteiger partial charge on any atom is -0.309 e. The lowest BCUT2D eigenvalue weighted by atomic mass is 9.96. The molecule has 0 spiro atoms. The first-order chi connectivity index (χ1) is 11.1. The highest BCUT2D eigenvalue weighted by Gasteiger charge is 2.15. The van der Waals surface area contributed by atoms with Gasteiger partial charge < -0.3 is 10.3 Å². The predicted molar refractivity (Wildman–Crippen MR) is 93.2 cm³/mol. The Kier molecular flexibility index (Phi) is 4.53. The summed E-state index contributed by atoms with van der Waals surface area (Å²) >= 11 is 0. The maximum atomic E-state index is 12.1. The molecule has 3 aromatic rings. The van der Waals surface area contributed by atoms with E-state index in [0.29, 0.717) is 23.7 Å². The number of hydrogen-bond donors (Lipinski definition) is 2. The molecule has 0 unspecified atom stereocenters. The molecule has 1 aromatic heterocycles. The zero-order valence-corrected chi connectivity index (χ0v) is 13.4. The molecule has 4 heteroatoms. The average molecular weight is 307 g/mol. The summed E-state index contributed by atoms with van der Waals surface area (Å²) in [6.45, 7) is 4.89. The molecule has 23 heavy (non-hydrogen) atoms. The molecule has 0 fully saturated rings. The minimum atomic E-state index is -0.0896. The lowest BCUT2D eigenvalue weighted by molar-refractivity contribution is 0.406. The van der Waals surface area contributed by atoms with E-state index in [1.807, 2.05) is 36.4 Å². The summed E-state index contributed by atoms with van der Waals surface area (Å²) in [6, 6.07) is 18.0. The Hall–Kier alpha value is -2.46. The molecule has 118 valence electrons. The second-order valence-corrected chi connectivity index (χ2v) is 6.04. The fourth-order valence-electron chi connectivity index (χ4n) is 2.82. The monoisotopic (exact) mass is 307 g/mol. The molecule has 2 aromatic carbocycles. The maximum absolute atomic E-state index is 12.1. The highest BCUT2D eigenvalue weighted by molar-refractivity contribution is 5.77.